The molecular formula is C16H24ClFO. The molecule has 1 aromatic rings. The van der Waals surface area contributed by atoms with Gasteiger partial charge in [0.05, 0.1) is 12.5 Å². The molecule has 1 aromatic carbocycles. The standard InChI is InChI=1S/C16H24ClFO/c1-3-4-5-6-7-8-9-15(17)14-11-10-13(19-2)12-16(14)18/h10-12,15H,3-9H2,1-2H3. The number of unbranched alkanes of at least 4 members (excludes halogenated alkanes) is 5. The fraction of sp³-hybridized carbons (Fsp3) is 0.625. The lowest BCUT2D eigenvalue weighted by Gasteiger charge is -2.11. The van der Waals surface area contributed by atoms with Gasteiger partial charge in [-0.2, -0.15) is 0 Å². The lowest BCUT2D eigenvalue weighted by atomic mass is 10.0. The number of hydrogen-bond donors (Lipinski definition) is 0. The number of alkyl halides is 1. The smallest absolute Gasteiger partial charge is 0.131 e. The molecule has 0 aliphatic carbocycles. The number of benzene rings is 1. The summed E-state index contributed by atoms with van der Waals surface area (Å²) in [6.07, 6.45) is 8.18. The highest BCUT2D eigenvalue weighted by Crippen LogP contribution is 2.30. The highest BCUT2D eigenvalue weighted by Gasteiger charge is 2.13. The van der Waals surface area contributed by atoms with Gasteiger partial charge in [0.1, 0.15) is 11.6 Å². The van der Waals surface area contributed by atoms with Crippen molar-refractivity contribution in [2.75, 3.05) is 7.11 Å². The Morgan fingerprint density at radius 2 is 1.84 bits per heavy atom. The van der Waals surface area contributed by atoms with Crippen molar-refractivity contribution in [3.8, 4) is 5.75 Å². The molecule has 0 radical (unpaired) electrons. The van der Waals surface area contributed by atoms with E-state index in [0.717, 1.165) is 12.8 Å². The molecule has 0 saturated carbocycles. The molecule has 108 valence electrons. The summed E-state index contributed by atoms with van der Waals surface area (Å²) in [5.74, 6) is 0.259. The van der Waals surface area contributed by atoms with Crippen LogP contribution in [0.25, 0.3) is 0 Å². The van der Waals surface area contributed by atoms with Crippen LogP contribution in [0.2, 0.25) is 0 Å². The van der Waals surface area contributed by atoms with Gasteiger partial charge in [-0.1, -0.05) is 51.5 Å². The first-order valence-corrected chi connectivity index (χ1v) is 7.60. The second-order valence-corrected chi connectivity index (χ2v) is 5.44. The van der Waals surface area contributed by atoms with Crippen LogP contribution in [-0.2, 0) is 0 Å². The average molecular weight is 287 g/mol. The zero-order valence-corrected chi connectivity index (χ0v) is 12.7. The van der Waals surface area contributed by atoms with Crippen molar-refractivity contribution in [1.82, 2.24) is 0 Å². The van der Waals surface area contributed by atoms with Gasteiger partial charge >= 0.3 is 0 Å². The van der Waals surface area contributed by atoms with Gasteiger partial charge in [-0.25, -0.2) is 4.39 Å². The van der Waals surface area contributed by atoms with Crippen molar-refractivity contribution >= 4 is 11.6 Å². The molecule has 0 aliphatic heterocycles. The summed E-state index contributed by atoms with van der Waals surface area (Å²) in [5, 5.41) is -0.239. The molecule has 0 spiro atoms. The van der Waals surface area contributed by atoms with Gasteiger partial charge in [-0.05, 0) is 12.5 Å². The fourth-order valence-corrected chi connectivity index (χ4v) is 2.48. The van der Waals surface area contributed by atoms with Crippen molar-refractivity contribution in [2.24, 2.45) is 0 Å². The summed E-state index contributed by atoms with van der Waals surface area (Å²) >= 11 is 6.27. The quantitative estimate of drug-likeness (QED) is 0.408. The predicted octanol–water partition coefficient (Wildman–Crippen LogP) is 5.86. The average Bonchev–Trinajstić information content (AvgIpc) is 2.42. The molecule has 0 aromatic heterocycles. The summed E-state index contributed by atoms with van der Waals surface area (Å²) in [7, 11) is 1.53. The predicted molar refractivity (Wildman–Crippen MR) is 79.5 cm³/mol. The number of hydrogen-bond acceptors (Lipinski definition) is 1. The second-order valence-electron chi connectivity index (χ2n) is 4.91. The van der Waals surface area contributed by atoms with Crippen LogP contribution >= 0.6 is 11.6 Å². The van der Waals surface area contributed by atoms with E-state index in [2.05, 4.69) is 6.92 Å². The molecule has 3 heteroatoms. The normalized spacial score (nSPS) is 12.4. The largest absolute Gasteiger partial charge is 0.497 e. The van der Waals surface area contributed by atoms with Crippen LogP contribution in [0.3, 0.4) is 0 Å². The summed E-state index contributed by atoms with van der Waals surface area (Å²) in [6.45, 7) is 2.21. The number of methoxy groups -OCH3 is 1. The van der Waals surface area contributed by atoms with E-state index in [4.69, 9.17) is 16.3 Å². The first kappa shape index (κ1) is 16.3. The van der Waals surface area contributed by atoms with E-state index >= 15 is 0 Å². The van der Waals surface area contributed by atoms with Crippen molar-refractivity contribution in [3.05, 3.63) is 29.6 Å². The fourth-order valence-electron chi connectivity index (χ4n) is 2.15. The SMILES string of the molecule is CCCCCCCCC(Cl)c1ccc(OC)cc1F. The van der Waals surface area contributed by atoms with Crippen LogP contribution < -0.4 is 4.74 Å². The Kier molecular flexibility index (Phi) is 7.88. The summed E-state index contributed by atoms with van der Waals surface area (Å²) in [5.41, 5.74) is 0.580. The molecule has 1 unspecified atom stereocenters. The molecule has 0 saturated heterocycles. The molecule has 1 nitrogen and oxygen atoms in total. The van der Waals surface area contributed by atoms with Crippen LogP contribution in [0.5, 0.6) is 5.75 Å². The van der Waals surface area contributed by atoms with Crippen molar-refractivity contribution < 1.29 is 9.13 Å². The third-order valence-corrected chi connectivity index (χ3v) is 3.81. The van der Waals surface area contributed by atoms with Gasteiger partial charge in [-0.15, -0.1) is 11.6 Å². The molecule has 1 rings (SSSR count). The first-order chi connectivity index (χ1) is 9.19. The van der Waals surface area contributed by atoms with Gasteiger partial charge in [0.25, 0.3) is 0 Å². The number of halogens is 2. The van der Waals surface area contributed by atoms with Crippen molar-refractivity contribution in [1.29, 1.82) is 0 Å². The minimum Gasteiger partial charge on any atom is -0.497 e. The highest BCUT2D eigenvalue weighted by molar-refractivity contribution is 6.20. The highest BCUT2D eigenvalue weighted by atomic mass is 35.5. The molecule has 0 N–H and O–H groups in total. The van der Waals surface area contributed by atoms with Crippen LogP contribution in [0.4, 0.5) is 4.39 Å². The van der Waals surface area contributed by atoms with Crippen LogP contribution in [0, 0.1) is 5.82 Å². The maximum absolute atomic E-state index is 13.8. The lowest BCUT2D eigenvalue weighted by molar-refractivity contribution is 0.410. The van der Waals surface area contributed by atoms with Gasteiger partial charge in [0.15, 0.2) is 0 Å². The molecule has 0 heterocycles. The molecule has 0 fully saturated rings. The van der Waals surface area contributed by atoms with E-state index in [1.54, 1.807) is 12.1 Å². The van der Waals surface area contributed by atoms with Crippen molar-refractivity contribution in [3.63, 3.8) is 0 Å². The Bertz CT molecular complexity index is 368. The zero-order valence-electron chi connectivity index (χ0n) is 11.9. The van der Waals surface area contributed by atoms with Gasteiger partial charge in [-0.3, -0.25) is 0 Å². The Labute approximate surface area is 121 Å². The van der Waals surface area contributed by atoms with Gasteiger partial charge < -0.3 is 4.74 Å². The van der Waals surface area contributed by atoms with E-state index in [0.29, 0.717) is 11.3 Å². The Balaban J connectivity index is 2.34. The summed E-state index contributed by atoms with van der Waals surface area (Å²) in [4.78, 5) is 0. The van der Waals surface area contributed by atoms with E-state index in [-0.39, 0.29) is 11.2 Å². The van der Waals surface area contributed by atoms with E-state index in [1.807, 2.05) is 0 Å². The molecule has 0 aliphatic rings. The molecular weight excluding hydrogens is 263 g/mol. The number of rotatable bonds is 9. The lowest BCUT2D eigenvalue weighted by Crippen LogP contribution is -1.96. The van der Waals surface area contributed by atoms with E-state index in [1.165, 1.54) is 45.3 Å². The minimum atomic E-state index is -0.273. The topological polar surface area (TPSA) is 9.23 Å². The Morgan fingerprint density at radius 3 is 2.47 bits per heavy atom. The zero-order chi connectivity index (χ0) is 14.1. The third kappa shape index (κ3) is 5.82. The first-order valence-electron chi connectivity index (χ1n) is 7.16. The summed E-state index contributed by atoms with van der Waals surface area (Å²) in [6, 6.07) is 4.88. The molecule has 19 heavy (non-hydrogen) atoms. The maximum Gasteiger partial charge on any atom is 0.131 e. The van der Waals surface area contributed by atoms with Crippen molar-refractivity contribution in [2.45, 2.75) is 57.2 Å². The number of ether oxygens (including phenoxy) is 1. The van der Waals surface area contributed by atoms with Crippen LogP contribution in [0.1, 0.15) is 62.8 Å². The van der Waals surface area contributed by atoms with E-state index < -0.39 is 0 Å². The molecule has 0 amide bonds. The molecule has 1 atom stereocenters. The van der Waals surface area contributed by atoms with Gasteiger partial charge in [0, 0.05) is 11.6 Å². The van der Waals surface area contributed by atoms with Crippen LogP contribution in [0.15, 0.2) is 18.2 Å². The Hall–Kier alpha value is -0.760. The molecule has 0 bridgehead atoms. The Morgan fingerprint density at radius 1 is 1.16 bits per heavy atom. The second kappa shape index (κ2) is 9.19. The summed E-state index contributed by atoms with van der Waals surface area (Å²) < 4.78 is 18.8. The maximum atomic E-state index is 13.8. The van der Waals surface area contributed by atoms with Gasteiger partial charge in [0.2, 0.25) is 0 Å². The van der Waals surface area contributed by atoms with Crippen LogP contribution in [-0.4, -0.2) is 7.11 Å². The monoisotopic (exact) mass is 286 g/mol. The van der Waals surface area contributed by atoms with E-state index in [9.17, 15) is 4.39 Å². The third-order valence-electron chi connectivity index (χ3n) is 3.36. The minimum absolute atomic E-state index is 0.239.